The summed E-state index contributed by atoms with van der Waals surface area (Å²) in [5.41, 5.74) is 1.09. The molecule has 142 valence electrons. The second-order valence-electron chi connectivity index (χ2n) is 6.86. The number of hydrogen-bond donors (Lipinski definition) is 2. The minimum atomic E-state index is -0.0904. The van der Waals surface area contributed by atoms with Crippen molar-refractivity contribution in [1.29, 1.82) is 0 Å². The third kappa shape index (κ3) is 5.14. The molecule has 2 N–H and O–H groups in total. The van der Waals surface area contributed by atoms with Crippen LogP contribution >= 0.6 is 11.8 Å². The normalized spacial score (nSPS) is 22.4. The van der Waals surface area contributed by atoms with Crippen LogP contribution in [0.3, 0.4) is 0 Å². The van der Waals surface area contributed by atoms with Crippen molar-refractivity contribution in [2.75, 3.05) is 38.4 Å². The summed E-state index contributed by atoms with van der Waals surface area (Å²) in [5.74, 6) is 3.24. The van der Waals surface area contributed by atoms with Crippen LogP contribution in [0.1, 0.15) is 18.4 Å². The molecule has 26 heavy (non-hydrogen) atoms. The zero-order valence-electron chi connectivity index (χ0n) is 15.2. The number of carbonyl (C=O) groups is 2. The molecule has 2 heterocycles. The number of thioether (sulfide) groups is 1. The van der Waals surface area contributed by atoms with Crippen molar-refractivity contribution in [2.45, 2.75) is 25.3 Å². The maximum atomic E-state index is 12.4. The van der Waals surface area contributed by atoms with E-state index < -0.39 is 0 Å². The fourth-order valence-corrected chi connectivity index (χ4v) is 4.35. The molecule has 1 aromatic rings. The van der Waals surface area contributed by atoms with Gasteiger partial charge in [0.15, 0.2) is 0 Å². The Labute approximate surface area is 159 Å². The average molecular weight is 378 g/mol. The lowest BCUT2D eigenvalue weighted by molar-refractivity contribution is -0.131. The highest BCUT2D eigenvalue weighted by Gasteiger charge is 2.33. The molecule has 2 atom stereocenters. The summed E-state index contributed by atoms with van der Waals surface area (Å²) < 4.78 is 5.20. The molecule has 2 aliphatic heterocycles. The van der Waals surface area contributed by atoms with Crippen LogP contribution in [-0.4, -0.2) is 61.1 Å². The number of hydrogen-bond acceptors (Lipinski definition) is 5. The van der Waals surface area contributed by atoms with Gasteiger partial charge in [-0.2, -0.15) is 0 Å². The summed E-state index contributed by atoms with van der Waals surface area (Å²) >= 11 is 1.80. The van der Waals surface area contributed by atoms with Crippen molar-refractivity contribution in [2.24, 2.45) is 5.92 Å². The molecule has 0 bridgehead atoms. The Morgan fingerprint density at radius 1 is 1.42 bits per heavy atom. The summed E-state index contributed by atoms with van der Waals surface area (Å²) in [6.45, 7) is 2.27. The van der Waals surface area contributed by atoms with Crippen molar-refractivity contribution in [3.63, 3.8) is 0 Å². The Morgan fingerprint density at radius 3 is 3.08 bits per heavy atom. The highest BCUT2D eigenvalue weighted by molar-refractivity contribution is 7.99. The fourth-order valence-electron chi connectivity index (χ4n) is 3.39. The van der Waals surface area contributed by atoms with Gasteiger partial charge in [0.05, 0.1) is 19.0 Å². The van der Waals surface area contributed by atoms with Crippen LogP contribution in [0.4, 0.5) is 0 Å². The molecule has 3 rings (SSSR count). The number of rotatable bonds is 7. The summed E-state index contributed by atoms with van der Waals surface area (Å²) in [4.78, 5) is 26.4. The SMILES string of the molecule is COc1cccc(CCC(=O)NC[C@@H]2CN[C@H](C(=O)N3CCSC3)C2)c1. The van der Waals surface area contributed by atoms with Gasteiger partial charge in [-0.15, -0.1) is 11.8 Å². The first-order valence-corrected chi connectivity index (χ1v) is 10.3. The van der Waals surface area contributed by atoms with E-state index in [1.54, 1.807) is 18.9 Å². The van der Waals surface area contributed by atoms with Crippen molar-refractivity contribution in [3.8, 4) is 5.75 Å². The van der Waals surface area contributed by atoms with Gasteiger partial charge in [0.2, 0.25) is 11.8 Å². The molecule has 7 heteroatoms. The van der Waals surface area contributed by atoms with Gasteiger partial charge in [0.1, 0.15) is 5.75 Å². The second kappa shape index (κ2) is 9.28. The predicted molar refractivity (Wildman–Crippen MR) is 103 cm³/mol. The number of benzene rings is 1. The van der Waals surface area contributed by atoms with E-state index in [2.05, 4.69) is 10.6 Å². The smallest absolute Gasteiger partial charge is 0.240 e. The van der Waals surface area contributed by atoms with Crippen LogP contribution in [0, 0.1) is 5.92 Å². The Hall–Kier alpha value is -1.73. The monoisotopic (exact) mass is 377 g/mol. The third-order valence-electron chi connectivity index (χ3n) is 4.95. The molecule has 1 aromatic carbocycles. The summed E-state index contributed by atoms with van der Waals surface area (Å²) in [7, 11) is 1.64. The van der Waals surface area contributed by atoms with Crippen molar-refractivity contribution >= 4 is 23.6 Å². The van der Waals surface area contributed by atoms with E-state index in [0.29, 0.717) is 25.3 Å². The van der Waals surface area contributed by atoms with Crippen LogP contribution in [0.2, 0.25) is 0 Å². The van der Waals surface area contributed by atoms with E-state index in [-0.39, 0.29) is 17.9 Å². The zero-order valence-corrected chi connectivity index (χ0v) is 16.0. The lowest BCUT2D eigenvalue weighted by atomic mass is 10.0. The van der Waals surface area contributed by atoms with Gasteiger partial charge in [-0.3, -0.25) is 9.59 Å². The van der Waals surface area contributed by atoms with E-state index in [4.69, 9.17) is 4.74 Å². The molecule has 0 spiro atoms. The Bertz CT molecular complexity index is 634. The van der Waals surface area contributed by atoms with Crippen molar-refractivity contribution in [3.05, 3.63) is 29.8 Å². The van der Waals surface area contributed by atoms with Gasteiger partial charge in [-0.05, 0) is 36.5 Å². The molecule has 0 aliphatic carbocycles. The predicted octanol–water partition coefficient (Wildman–Crippen LogP) is 1.26. The number of aryl methyl sites for hydroxylation is 1. The van der Waals surface area contributed by atoms with Gasteiger partial charge >= 0.3 is 0 Å². The minimum Gasteiger partial charge on any atom is -0.497 e. The van der Waals surface area contributed by atoms with E-state index >= 15 is 0 Å². The molecule has 0 saturated carbocycles. The standard InChI is InChI=1S/C19H27N3O3S/c1-25-16-4-2-3-14(9-16)5-6-18(23)21-12-15-10-17(20-11-15)19(24)22-7-8-26-13-22/h2-4,9,15,17,20H,5-8,10-13H2,1H3,(H,21,23)/t15-,17-/m0/s1. The lowest BCUT2D eigenvalue weighted by Gasteiger charge is -2.19. The molecule has 0 radical (unpaired) electrons. The molecule has 2 fully saturated rings. The largest absolute Gasteiger partial charge is 0.497 e. The first-order chi connectivity index (χ1) is 12.7. The zero-order chi connectivity index (χ0) is 18.4. The van der Waals surface area contributed by atoms with Crippen LogP contribution < -0.4 is 15.4 Å². The molecule has 0 aromatic heterocycles. The third-order valence-corrected chi connectivity index (χ3v) is 5.91. The molecule has 6 nitrogen and oxygen atoms in total. The van der Waals surface area contributed by atoms with Gasteiger partial charge in [-0.1, -0.05) is 12.1 Å². The van der Waals surface area contributed by atoms with Gasteiger partial charge < -0.3 is 20.3 Å². The van der Waals surface area contributed by atoms with Crippen LogP contribution in [0.5, 0.6) is 5.75 Å². The quantitative estimate of drug-likeness (QED) is 0.749. The van der Waals surface area contributed by atoms with Gasteiger partial charge in [0.25, 0.3) is 0 Å². The van der Waals surface area contributed by atoms with Crippen molar-refractivity contribution < 1.29 is 14.3 Å². The van der Waals surface area contributed by atoms with E-state index in [0.717, 1.165) is 42.5 Å². The molecular weight excluding hydrogens is 350 g/mol. The molecule has 2 saturated heterocycles. The number of nitrogens with one attached hydrogen (secondary N) is 2. The number of ether oxygens (including phenoxy) is 1. The fraction of sp³-hybridized carbons (Fsp3) is 0.579. The molecule has 2 aliphatic rings. The highest BCUT2D eigenvalue weighted by Crippen LogP contribution is 2.20. The number of carbonyl (C=O) groups excluding carboxylic acids is 2. The number of methoxy groups -OCH3 is 1. The van der Waals surface area contributed by atoms with Crippen molar-refractivity contribution in [1.82, 2.24) is 15.5 Å². The first kappa shape index (κ1) is 19.0. The topological polar surface area (TPSA) is 70.7 Å². The van der Waals surface area contributed by atoms with E-state index in [9.17, 15) is 9.59 Å². The average Bonchev–Trinajstić information content (AvgIpc) is 3.36. The van der Waals surface area contributed by atoms with Gasteiger partial charge in [0, 0.05) is 31.8 Å². The van der Waals surface area contributed by atoms with Crippen LogP contribution in [0.25, 0.3) is 0 Å². The van der Waals surface area contributed by atoms with Gasteiger partial charge in [-0.25, -0.2) is 0 Å². The minimum absolute atomic E-state index is 0.0542. The molecule has 0 unspecified atom stereocenters. The lowest BCUT2D eigenvalue weighted by Crippen LogP contribution is -2.42. The summed E-state index contributed by atoms with van der Waals surface area (Å²) in [6.07, 6.45) is 1.95. The van der Waals surface area contributed by atoms with Crippen LogP contribution in [-0.2, 0) is 16.0 Å². The summed E-state index contributed by atoms with van der Waals surface area (Å²) in [6, 6.07) is 7.71. The van der Waals surface area contributed by atoms with E-state index in [1.807, 2.05) is 29.2 Å². The highest BCUT2D eigenvalue weighted by atomic mass is 32.2. The molecular formula is C19H27N3O3S. The first-order valence-electron chi connectivity index (χ1n) is 9.15. The summed E-state index contributed by atoms with van der Waals surface area (Å²) in [5, 5.41) is 6.33. The van der Waals surface area contributed by atoms with E-state index in [1.165, 1.54) is 0 Å². The Balaban J connectivity index is 1.36. The Kier molecular flexibility index (Phi) is 6.80. The number of amides is 2. The maximum Gasteiger partial charge on any atom is 0.240 e. The van der Waals surface area contributed by atoms with Crippen LogP contribution in [0.15, 0.2) is 24.3 Å². The number of nitrogens with zero attached hydrogens (tertiary/aromatic N) is 1. The Morgan fingerprint density at radius 2 is 2.31 bits per heavy atom. The molecule has 2 amide bonds. The second-order valence-corrected chi connectivity index (χ2v) is 7.93. The maximum absolute atomic E-state index is 12.4.